The van der Waals surface area contributed by atoms with E-state index in [9.17, 15) is 9.90 Å². The van der Waals surface area contributed by atoms with Crippen LogP contribution in [-0.2, 0) is 4.79 Å². The third-order valence-corrected chi connectivity index (χ3v) is 3.66. The van der Waals surface area contributed by atoms with E-state index in [0.29, 0.717) is 19.0 Å². The maximum atomic E-state index is 11.8. The molecule has 1 aromatic rings. The van der Waals surface area contributed by atoms with E-state index in [4.69, 9.17) is 0 Å². The number of hydrogen-bond acceptors (Lipinski definition) is 3. The van der Waals surface area contributed by atoms with Gasteiger partial charge in [-0.3, -0.25) is 9.48 Å². The lowest BCUT2D eigenvalue weighted by atomic mass is 10.1. The van der Waals surface area contributed by atoms with E-state index in [1.807, 2.05) is 6.92 Å². The first-order valence-electron chi connectivity index (χ1n) is 6.93. The topological polar surface area (TPSA) is 58.4 Å². The maximum absolute atomic E-state index is 11.8. The van der Waals surface area contributed by atoms with Crippen LogP contribution in [0.5, 0.6) is 0 Å². The summed E-state index contributed by atoms with van der Waals surface area (Å²) in [6.45, 7) is 9.17. The SMILES string of the molecule is Cc1cc(C(C)C)n(C2CCN(C(=O)C(C)O)C2)n1. The minimum absolute atomic E-state index is 0.183. The van der Waals surface area contributed by atoms with Gasteiger partial charge in [0, 0.05) is 18.8 Å². The second kappa shape index (κ2) is 5.33. The van der Waals surface area contributed by atoms with Crippen LogP contribution in [0.1, 0.15) is 50.5 Å². The van der Waals surface area contributed by atoms with Crippen LogP contribution in [0.3, 0.4) is 0 Å². The van der Waals surface area contributed by atoms with Gasteiger partial charge >= 0.3 is 0 Å². The molecule has 2 unspecified atom stereocenters. The highest BCUT2D eigenvalue weighted by Gasteiger charge is 2.31. The van der Waals surface area contributed by atoms with E-state index < -0.39 is 6.10 Å². The molecule has 0 bridgehead atoms. The number of carbonyl (C=O) groups excluding carboxylic acids is 1. The van der Waals surface area contributed by atoms with Crippen LogP contribution in [0, 0.1) is 6.92 Å². The highest BCUT2D eigenvalue weighted by molar-refractivity contribution is 5.80. The molecule has 2 rings (SSSR count). The predicted molar refractivity (Wildman–Crippen MR) is 73.0 cm³/mol. The third kappa shape index (κ3) is 2.81. The first kappa shape index (κ1) is 14.1. The molecule has 1 fully saturated rings. The second-order valence-corrected chi connectivity index (χ2v) is 5.71. The van der Waals surface area contributed by atoms with E-state index in [2.05, 4.69) is 29.7 Å². The van der Waals surface area contributed by atoms with Gasteiger partial charge in [-0.2, -0.15) is 5.10 Å². The maximum Gasteiger partial charge on any atom is 0.251 e. The summed E-state index contributed by atoms with van der Waals surface area (Å²) in [5, 5.41) is 13.9. The van der Waals surface area contributed by atoms with E-state index >= 15 is 0 Å². The summed E-state index contributed by atoms with van der Waals surface area (Å²) in [4.78, 5) is 13.5. The van der Waals surface area contributed by atoms with Gasteiger partial charge in [0.1, 0.15) is 6.10 Å². The van der Waals surface area contributed by atoms with Gasteiger partial charge in [0.15, 0.2) is 0 Å². The summed E-state index contributed by atoms with van der Waals surface area (Å²) in [5.41, 5.74) is 2.23. The number of aryl methyl sites for hydroxylation is 1. The number of rotatable bonds is 3. The Morgan fingerprint density at radius 3 is 2.74 bits per heavy atom. The number of nitrogens with zero attached hydrogens (tertiary/aromatic N) is 3. The summed E-state index contributed by atoms with van der Waals surface area (Å²) in [6, 6.07) is 2.35. The number of hydrogen-bond donors (Lipinski definition) is 1. The van der Waals surface area contributed by atoms with Crippen molar-refractivity contribution in [2.75, 3.05) is 13.1 Å². The summed E-state index contributed by atoms with van der Waals surface area (Å²) in [7, 11) is 0. The molecular formula is C14H23N3O2. The van der Waals surface area contributed by atoms with Crippen LogP contribution in [0.2, 0.25) is 0 Å². The van der Waals surface area contributed by atoms with Gasteiger partial charge in [0.2, 0.25) is 0 Å². The first-order chi connectivity index (χ1) is 8.90. The van der Waals surface area contributed by atoms with Crippen molar-refractivity contribution >= 4 is 5.91 Å². The Kier molecular flexibility index (Phi) is 3.94. The quantitative estimate of drug-likeness (QED) is 0.900. The van der Waals surface area contributed by atoms with Gasteiger partial charge in [0.05, 0.1) is 11.7 Å². The van der Waals surface area contributed by atoms with E-state index in [-0.39, 0.29) is 11.9 Å². The number of aliphatic hydroxyl groups is 1. The smallest absolute Gasteiger partial charge is 0.251 e. The van der Waals surface area contributed by atoms with Crippen LogP contribution in [0.4, 0.5) is 0 Å². The lowest BCUT2D eigenvalue weighted by Crippen LogP contribution is -2.36. The Bertz CT molecular complexity index is 465. The minimum atomic E-state index is -0.914. The molecule has 2 atom stereocenters. The Labute approximate surface area is 114 Å². The van der Waals surface area contributed by atoms with Crippen molar-refractivity contribution in [3.63, 3.8) is 0 Å². The molecule has 1 aromatic heterocycles. The van der Waals surface area contributed by atoms with Crippen molar-refractivity contribution < 1.29 is 9.90 Å². The Morgan fingerprint density at radius 1 is 1.47 bits per heavy atom. The molecular weight excluding hydrogens is 242 g/mol. The lowest BCUT2D eigenvalue weighted by molar-refractivity contribution is -0.138. The monoisotopic (exact) mass is 265 g/mol. The standard InChI is InChI=1S/C14H23N3O2/c1-9(2)13-7-10(3)15-17(13)12-5-6-16(8-12)14(19)11(4)18/h7,9,11-12,18H,5-6,8H2,1-4H3. The highest BCUT2D eigenvalue weighted by atomic mass is 16.3. The fourth-order valence-corrected chi connectivity index (χ4v) is 2.67. The van der Waals surface area contributed by atoms with E-state index in [0.717, 1.165) is 12.1 Å². The van der Waals surface area contributed by atoms with Crippen molar-refractivity contribution in [3.8, 4) is 0 Å². The zero-order valence-corrected chi connectivity index (χ0v) is 12.1. The number of carbonyl (C=O) groups is 1. The average Bonchev–Trinajstić information content (AvgIpc) is 2.93. The van der Waals surface area contributed by atoms with Gasteiger partial charge in [-0.05, 0) is 32.3 Å². The number of aliphatic hydroxyl groups excluding tert-OH is 1. The molecule has 1 N–H and O–H groups in total. The Balaban J connectivity index is 2.15. The number of likely N-dealkylation sites (tertiary alicyclic amines) is 1. The van der Waals surface area contributed by atoms with Crippen LogP contribution >= 0.6 is 0 Å². The molecule has 1 aliphatic heterocycles. The molecule has 0 spiro atoms. The summed E-state index contributed by atoms with van der Waals surface area (Å²) >= 11 is 0. The Morgan fingerprint density at radius 2 is 2.16 bits per heavy atom. The summed E-state index contributed by atoms with van der Waals surface area (Å²) < 4.78 is 2.06. The average molecular weight is 265 g/mol. The Hall–Kier alpha value is -1.36. The summed E-state index contributed by atoms with van der Waals surface area (Å²) in [6.07, 6.45) is -0.0121. The van der Waals surface area contributed by atoms with Crippen LogP contribution in [-0.4, -0.2) is 44.9 Å². The van der Waals surface area contributed by atoms with Crippen molar-refractivity contribution in [1.29, 1.82) is 0 Å². The fraction of sp³-hybridized carbons (Fsp3) is 0.714. The van der Waals surface area contributed by atoms with E-state index in [1.165, 1.54) is 12.6 Å². The van der Waals surface area contributed by atoms with E-state index in [1.54, 1.807) is 4.90 Å². The van der Waals surface area contributed by atoms with Crippen LogP contribution in [0.15, 0.2) is 6.07 Å². The third-order valence-electron chi connectivity index (χ3n) is 3.66. The number of amides is 1. The van der Waals surface area contributed by atoms with Gasteiger partial charge in [-0.25, -0.2) is 0 Å². The molecule has 1 amide bonds. The highest BCUT2D eigenvalue weighted by Crippen LogP contribution is 2.26. The molecule has 2 heterocycles. The predicted octanol–water partition coefficient (Wildman–Crippen LogP) is 1.47. The van der Waals surface area contributed by atoms with Gasteiger partial charge in [-0.15, -0.1) is 0 Å². The van der Waals surface area contributed by atoms with Crippen molar-refractivity contribution in [1.82, 2.24) is 14.7 Å². The van der Waals surface area contributed by atoms with Crippen molar-refractivity contribution in [2.45, 2.75) is 52.2 Å². The fourth-order valence-electron chi connectivity index (χ4n) is 2.67. The summed E-state index contributed by atoms with van der Waals surface area (Å²) in [5.74, 6) is 0.236. The molecule has 0 aliphatic carbocycles. The van der Waals surface area contributed by atoms with Gasteiger partial charge in [0.25, 0.3) is 5.91 Å². The molecule has 1 aliphatic rings. The zero-order chi connectivity index (χ0) is 14.2. The molecule has 19 heavy (non-hydrogen) atoms. The van der Waals surface area contributed by atoms with Gasteiger partial charge in [-0.1, -0.05) is 13.8 Å². The molecule has 0 aromatic carbocycles. The minimum Gasteiger partial charge on any atom is -0.384 e. The molecule has 0 radical (unpaired) electrons. The normalized spacial score (nSPS) is 21.2. The second-order valence-electron chi connectivity index (χ2n) is 5.71. The zero-order valence-electron chi connectivity index (χ0n) is 12.1. The van der Waals surface area contributed by atoms with Crippen molar-refractivity contribution in [3.05, 3.63) is 17.5 Å². The van der Waals surface area contributed by atoms with Crippen LogP contribution in [0.25, 0.3) is 0 Å². The molecule has 1 saturated heterocycles. The molecule has 0 saturated carbocycles. The van der Waals surface area contributed by atoms with Crippen molar-refractivity contribution in [2.24, 2.45) is 0 Å². The lowest BCUT2D eigenvalue weighted by Gasteiger charge is -2.19. The largest absolute Gasteiger partial charge is 0.384 e. The molecule has 106 valence electrons. The molecule has 5 heteroatoms. The molecule has 5 nitrogen and oxygen atoms in total. The first-order valence-corrected chi connectivity index (χ1v) is 6.93. The number of aromatic nitrogens is 2. The van der Waals surface area contributed by atoms with Gasteiger partial charge < -0.3 is 10.0 Å². The van der Waals surface area contributed by atoms with Crippen LogP contribution < -0.4 is 0 Å².